The van der Waals surface area contributed by atoms with Gasteiger partial charge in [-0.15, -0.1) is 0 Å². The molecule has 2 bridgehead atoms. The van der Waals surface area contributed by atoms with E-state index in [1.165, 1.54) is 22.2 Å². The summed E-state index contributed by atoms with van der Waals surface area (Å²) in [6, 6.07) is 9.38. The van der Waals surface area contributed by atoms with E-state index in [1.54, 1.807) is 0 Å². The van der Waals surface area contributed by atoms with E-state index in [2.05, 4.69) is 41.2 Å². The molecule has 0 radical (unpaired) electrons. The molecule has 1 aromatic carbocycles. The monoisotopic (exact) mass is 322 g/mol. The second-order valence-corrected chi connectivity index (χ2v) is 7.32. The summed E-state index contributed by atoms with van der Waals surface area (Å²) in [5.41, 5.74) is 5.07. The van der Waals surface area contributed by atoms with Gasteiger partial charge in [0.2, 0.25) is 0 Å². The molecule has 2 saturated heterocycles. The number of carbonyl (C=O) groups is 1. The Morgan fingerprint density at radius 2 is 2.17 bits per heavy atom. The van der Waals surface area contributed by atoms with Gasteiger partial charge in [-0.25, -0.2) is 4.79 Å². The smallest absolute Gasteiger partial charge is 0.333 e. The van der Waals surface area contributed by atoms with Crippen LogP contribution in [0.1, 0.15) is 30.6 Å². The van der Waals surface area contributed by atoms with Crippen LogP contribution < -0.4 is 5.32 Å². The fourth-order valence-electron chi connectivity index (χ4n) is 5.26. The zero-order valence-corrected chi connectivity index (χ0v) is 14.1. The highest BCUT2D eigenvalue weighted by molar-refractivity contribution is 5.90. The van der Waals surface area contributed by atoms with Crippen LogP contribution in [0.4, 0.5) is 0 Å². The summed E-state index contributed by atoms with van der Waals surface area (Å²) < 4.78 is 7.81. The van der Waals surface area contributed by atoms with Crippen molar-refractivity contribution in [1.82, 2.24) is 9.88 Å². The number of carbonyl (C=O) groups excluding carboxylic acids is 1. The number of hydrogen-bond donors (Lipinski definition) is 1. The Morgan fingerprint density at radius 3 is 3.00 bits per heavy atom. The van der Waals surface area contributed by atoms with E-state index in [-0.39, 0.29) is 5.97 Å². The Bertz CT molecular complexity index is 879. The molecule has 3 aliphatic heterocycles. The van der Waals surface area contributed by atoms with Crippen LogP contribution in [0.25, 0.3) is 10.9 Å². The quantitative estimate of drug-likeness (QED) is 0.599. The molecule has 1 N–H and O–H groups in total. The summed E-state index contributed by atoms with van der Waals surface area (Å²) in [6.45, 7) is 2.50. The van der Waals surface area contributed by atoms with E-state index in [4.69, 9.17) is 4.74 Å². The molecule has 1 aromatic heterocycles. The number of nitrogens with zero attached hydrogens (tertiary/aromatic N) is 1. The van der Waals surface area contributed by atoms with Gasteiger partial charge in [0.05, 0.1) is 6.61 Å². The number of benzene rings is 1. The lowest BCUT2D eigenvalue weighted by atomic mass is 9.68. The number of piperidine rings is 1. The van der Waals surface area contributed by atoms with Crippen molar-refractivity contribution in [3.8, 4) is 0 Å². The number of rotatable bonds is 0. The molecule has 0 amide bonds. The van der Waals surface area contributed by atoms with Crippen molar-refractivity contribution < 1.29 is 9.53 Å². The summed E-state index contributed by atoms with van der Waals surface area (Å²) in [6.07, 6.45) is 3.96. The number of ether oxygens (including phenoxy) is 1. The van der Waals surface area contributed by atoms with Gasteiger partial charge in [0, 0.05) is 53.1 Å². The van der Waals surface area contributed by atoms with E-state index in [0.717, 1.165) is 18.4 Å². The average molecular weight is 322 g/mol. The van der Waals surface area contributed by atoms with Crippen LogP contribution in [0.2, 0.25) is 0 Å². The Morgan fingerprint density at radius 1 is 1.33 bits per heavy atom. The van der Waals surface area contributed by atoms with Crippen molar-refractivity contribution >= 4 is 16.9 Å². The number of nitrogens with one attached hydrogen (secondary N) is 1. The second-order valence-electron chi connectivity index (χ2n) is 7.32. The van der Waals surface area contributed by atoms with Gasteiger partial charge in [0.25, 0.3) is 0 Å². The minimum atomic E-state index is -0.115. The molecule has 3 aliphatic rings. The van der Waals surface area contributed by atoms with Crippen LogP contribution in [0, 0.1) is 11.8 Å². The third-order valence-electron chi connectivity index (χ3n) is 6.31. The van der Waals surface area contributed by atoms with Crippen molar-refractivity contribution in [1.29, 1.82) is 0 Å². The van der Waals surface area contributed by atoms with Gasteiger partial charge >= 0.3 is 5.97 Å². The van der Waals surface area contributed by atoms with Crippen molar-refractivity contribution in [2.24, 2.45) is 18.9 Å². The highest BCUT2D eigenvalue weighted by atomic mass is 16.5. The first-order valence-corrected chi connectivity index (χ1v) is 8.84. The number of hydrogen-bond acceptors (Lipinski definition) is 3. The Hall–Kier alpha value is -2.07. The van der Waals surface area contributed by atoms with Crippen LogP contribution in [-0.2, 0) is 23.0 Å². The first-order valence-electron chi connectivity index (χ1n) is 8.84. The molecule has 5 rings (SSSR count). The fraction of sp³-hybridized carbons (Fsp3) is 0.450. The number of aromatic nitrogens is 1. The average Bonchev–Trinajstić information content (AvgIpc) is 2.88. The maximum atomic E-state index is 12.1. The number of cyclic esters (lactones) is 1. The van der Waals surface area contributed by atoms with E-state index in [9.17, 15) is 4.79 Å². The Balaban J connectivity index is 1.65. The number of aryl methyl sites for hydroxylation is 1. The van der Waals surface area contributed by atoms with Crippen LogP contribution in [-0.4, -0.2) is 23.2 Å². The van der Waals surface area contributed by atoms with Crippen LogP contribution in [0.15, 0.2) is 35.9 Å². The number of para-hydroxylation sites is 1. The Labute approximate surface area is 141 Å². The first kappa shape index (κ1) is 14.3. The molecule has 0 saturated carbocycles. The molecule has 2 fully saturated rings. The highest BCUT2D eigenvalue weighted by Crippen LogP contribution is 2.47. The molecule has 4 nitrogen and oxygen atoms in total. The van der Waals surface area contributed by atoms with Gasteiger partial charge in [-0.05, 0) is 31.4 Å². The zero-order chi connectivity index (χ0) is 16.4. The third kappa shape index (κ3) is 1.75. The summed E-state index contributed by atoms with van der Waals surface area (Å²) in [7, 11) is 2.17. The normalized spacial score (nSPS) is 33.2. The lowest BCUT2D eigenvalue weighted by Gasteiger charge is -2.48. The molecule has 4 atom stereocenters. The summed E-state index contributed by atoms with van der Waals surface area (Å²) in [5, 5.41) is 5.21. The molecule has 2 aromatic rings. The van der Waals surface area contributed by atoms with Gasteiger partial charge in [-0.3, -0.25) is 0 Å². The highest BCUT2D eigenvalue weighted by Gasteiger charge is 2.48. The topological polar surface area (TPSA) is 43.3 Å². The van der Waals surface area contributed by atoms with Crippen LogP contribution in [0.3, 0.4) is 0 Å². The van der Waals surface area contributed by atoms with Gasteiger partial charge in [0.1, 0.15) is 0 Å². The SMILES string of the molecule is C/C=C1\C(=O)OC[C@H]2[C@H]3Cc4c(n(C)c5ccccc45)[C@@H](C[C@@H]12)N3. The van der Waals surface area contributed by atoms with Crippen molar-refractivity contribution in [2.45, 2.75) is 31.8 Å². The largest absolute Gasteiger partial charge is 0.462 e. The van der Waals surface area contributed by atoms with Gasteiger partial charge in [-0.1, -0.05) is 24.3 Å². The maximum absolute atomic E-state index is 12.1. The van der Waals surface area contributed by atoms with E-state index in [0.29, 0.717) is 30.5 Å². The summed E-state index contributed by atoms with van der Waals surface area (Å²) in [5.74, 6) is 0.590. The van der Waals surface area contributed by atoms with Gasteiger partial charge in [-0.2, -0.15) is 0 Å². The molecule has 24 heavy (non-hydrogen) atoms. The minimum Gasteiger partial charge on any atom is -0.462 e. The van der Waals surface area contributed by atoms with Crippen molar-refractivity contribution in [3.05, 3.63) is 47.2 Å². The molecular formula is C20H22N2O2. The van der Waals surface area contributed by atoms with Crippen LogP contribution >= 0.6 is 0 Å². The summed E-state index contributed by atoms with van der Waals surface area (Å²) in [4.78, 5) is 12.1. The molecule has 4 heteroatoms. The fourth-order valence-corrected chi connectivity index (χ4v) is 5.26. The minimum absolute atomic E-state index is 0.115. The zero-order valence-electron chi connectivity index (χ0n) is 14.1. The van der Waals surface area contributed by atoms with Crippen LogP contribution in [0.5, 0.6) is 0 Å². The molecule has 124 valence electrons. The standard InChI is InChI=1S/C20H22N2O2/c1-3-11-13-8-17-19-14(12-6-4-5-7-18(12)22(19)2)9-16(21-17)15(13)10-24-20(11)23/h3-7,13,15-17,21H,8-10H2,1-2H3/b11-3-/t13-,15+,16+,17+/m0/s1. The lowest BCUT2D eigenvalue weighted by Crippen LogP contribution is -2.56. The van der Waals surface area contributed by atoms with Gasteiger partial charge < -0.3 is 14.6 Å². The molecule has 4 heterocycles. The van der Waals surface area contributed by atoms with Crippen molar-refractivity contribution in [3.63, 3.8) is 0 Å². The van der Waals surface area contributed by atoms with Crippen molar-refractivity contribution in [2.75, 3.05) is 6.61 Å². The second kappa shape index (κ2) is 4.96. The summed E-state index contributed by atoms with van der Waals surface area (Å²) >= 11 is 0. The lowest BCUT2D eigenvalue weighted by molar-refractivity contribution is -0.147. The van der Waals surface area contributed by atoms with Gasteiger partial charge in [0.15, 0.2) is 0 Å². The molecular weight excluding hydrogens is 300 g/mol. The van der Waals surface area contributed by atoms with E-state index >= 15 is 0 Å². The maximum Gasteiger partial charge on any atom is 0.333 e. The van der Waals surface area contributed by atoms with E-state index in [1.807, 2.05) is 13.0 Å². The first-order chi connectivity index (χ1) is 11.7. The van der Waals surface area contributed by atoms with E-state index < -0.39 is 0 Å². The number of fused-ring (bicyclic) bond motifs is 8. The third-order valence-corrected chi connectivity index (χ3v) is 6.31. The molecule has 0 aliphatic carbocycles. The number of esters is 1. The number of allylic oxidation sites excluding steroid dienone is 1. The molecule has 0 spiro atoms. The predicted molar refractivity (Wildman–Crippen MR) is 92.6 cm³/mol. The predicted octanol–water partition coefficient (Wildman–Crippen LogP) is 2.87. The Kier molecular flexibility index (Phi) is 2.95. The molecule has 0 unspecified atom stereocenters.